The number of halogens is 3. The fourth-order valence-corrected chi connectivity index (χ4v) is 6.06. The van der Waals surface area contributed by atoms with E-state index in [-0.39, 0.29) is 24.3 Å². The standard InChI is InChI=1S/C27H29F3N4O6S/c28-27(29,30)26(36)40-34-12-2-1-3-24(34)25(35)32-22(18-31)17-19-4-6-20(7-5-19)21-8-10-23(11-9-21)41(37,38)33-13-15-39-16-14-33/h4-11,22,24H,1-3,12-17H2,(H,32,35)/t22-,24-/m0/s1. The highest BCUT2D eigenvalue weighted by Gasteiger charge is 2.44. The normalized spacial score (nSPS) is 19.6. The number of amides is 1. The number of hydrogen-bond acceptors (Lipinski definition) is 8. The first kappa shape index (κ1) is 30.4. The predicted octanol–water partition coefficient (Wildman–Crippen LogP) is 2.80. The summed E-state index contributed by atoms with van der Waals surface area (Å²) in [4.78, 5) is 28.7. The molecule has 10 nitrogen and oxygen atoms in total. The van der Waals surface area contributed by atoms with Gasteiger partial charge in [0, 0.05) is 26.1 Å². The fraction of sp³-hybridized carbons (Fsp3) is 0.444. The molecule has 2 aromatic rings. The molecule has 1 amide bonds. The molecule has 2 heterocycles. The van der Waals surface area contributed by atoms with Crippen molar-refractivity contribution >= 4 is 21.9 Å². The van der Waals surface area contributed by atoms with E-state index in [1.807, 2.05) is 6.07 Å². The number of carbonyl (C=O) groups is 2. The molecule has 2 atom stereocenters. The van der Waals surface area contributed by atoms with Crippen LogP contribution in [-0.2, 0) is 35.6 Å². The first-order chi connectivity index (χ1) is 19.5. The lowest BCUT2D eigenvalue weighted by molar-refractivity contribution is -0.248. The Balaban J connectivity index is 1.37. The number of hydrogen-bond donors (Lipinski definition) is 1. The van der Waals surface area contributed by atoms with E-state index in [1.165, 1.54) is 4.31 Å². The number of ether oxygens (including phenoxy) is 1. The third kappa shape index (κ3) is 7.62. The molecule has 0 radical (unpaired) electrons. The lowest BCUT2D eigenvalue weighted by atomic mass is 10.00. The van der Waals surface area contributed by atoms with Gasteiger partial charge in [-0.3, -0.25) is 4.79 Å². The van der Waals surface area contributed by atoms with Crippen molar-refractivity contribution in [2.75, 3.05) is 32.8 Å². The van der Waals surface area contributed by atoms with Crippen molar-refractivity contribution in [2.24, 2.45) is 0 Å². The van der Waals surface area contributed by atoms with E-state index in [0.717, 1.165) is 21.8 Å². The number of piperidine rings is 1. The van der Waals surface area contributed by atoms with E-state index < -0.39 is 40.2 Å². The van der Waals surface area contributed by atoms with Gasteiger partial charge in [0.1, 0.15) is 12.1 Å². The lowest BCUT2D eigenvalue weighted by Crippen LogP contribution is -2.53. The molecular formula is C27H29F3N4O6S. The van der Waals surface area contributed by atoms with Crippen molar-refractivity contribution in [1.29, 1.82) is 5.26 Å². The van der Waals surface area contributed by atoms with Crippen molar-refractivity contribution in [2.45, 2.75) is 48.8 Å². The molecule has 0 aliphatic carbocycles. The van der Waals surface area contributed by atoms with Crippen LogP contribution in [0, 0.1) is 11.3 Å². The number of benzene rings is 2. The summed E-state index contributed by atoms with van der Waals surface area (Å²) in [6.45, 7) is 1.30. The quantitative estimate of drug-likeness (QED) is 0.494. The third-order valence-electron chi connectivity index (χ3n) is 6.85. The van der Waals surface area contributed by atoms with Crippen molar-refractivity contribution in [3.05, 3.63) is 54.1 Å². The molecule has 2 saturated heterocycles. The summed E-state index contributed by atoms with van der Waals surface area (Å²) in [5.41, 5.74) is 2.32. The van der Waals surface area contributed by atoms with Crippen LogP contribution in [-0.4, -0.2) is 80.8 Å². The summed E-state index contributed by atoms with van der Waals surface area (Å²) in [7, 11) is -3.61. The zero-order chi connectivity index (χ0) is 29.6. The van der Waals surface area contributed by atoms with Gasteiger partial charge in [-0.25, -0.2) is 13.2 Å². The average molecular weight is 595 g/mol. The second-order valence-corrected chi connectivity index (χ2v) is 11.6. The predicted molar refractivity (Wildman–Crippen MR) is 139 cm³/mol. The number of hydroxylamine groups is 2. The Morgan fingerprint density at radius 1 is 1.02 bits per heavy atom. The second-order valence-electron chi connectivity index (χ2n) is 9.66. The molecule has 0 spiro atoms. The molecule has 2 aromatic carbocycles. The van der Waals surface area contributed by atoms with Crippen molar-refractivity contribution in [1.82, 2.24) is 14.7 Å². The van der Waals surface area contributed by atoms with Gasteiger partial charge in [-0.05, 0) is 48.1 Å². The maximum atomic E-state index is 12.8. The van der Waals surface area contributed by atoms with E-state index >= 15 is 0 Å². The number of morpholine rings is 1. The molecule has 14 heteroatoms. The Morgan fingerprint density at radius 3 is 2.22 bits per heavy atom. The Labute approximate surface area is 235 Å². The van der Waals surface area contributed by atoms with Crippen molar-refractivity contribution in [3.63, 3.8) is 0 Å². The molecule has 0 bridgehead atoms. The van der Waals surface area contributed by atoms with Crippen molar-refractivity contribution < 1.29 is 40.8 Å². The number of alkyl halides is 3. The Morgan fingerprint density at radius 2 is 1.63 bits per heavy atom. The number of nitriles is 1. The first-order valence-electron chi connectivity index (χ1n) is 13.0. The van der Waals surface area contributed by atoms with Gasteiger partial charge < -0.3 is 14.9 Å². The van der Waals surface area contributed by atoms with Gasteiger partial charge in [0.15, 0.2) is 0 Å². The van der Waals surface area contributed by atoms with Crippen molar-refractivity contribution in [3.8, 4) is 17.2 Å². The zero-order valence-electron chi connectivity index (χ0n) is 22.0. The highest BCUT2D eigenvalue weighted by atomic mass is 32.2. The van der Waals surface area contributed by atoms with Crippen LogP contribution in [0.1, 0.15) is 24.8 Å². The molecule has 41 heavy (non-hydrogen) atoms. The SMILES string of the molecule is N#C[C@H](Cc1ccc(-c2ccc(S(=O)(=O)N3CCOCC3)cc2)cc1)NC(=O)[C@@H]1CCCCN1OC(=O)C(F)(F)F. The lowest BCUT2D eigenvalue weighted by Gasteiger charge is -2.33. The highest BCUT2D eigenvalue weighted by molar-refractivity contribution is 7.89. The minimum atomic E-state index is -5.19. The minimum absolute atomic E-state index is 0.0291. The first-order valence-corrected chi connectivity index (χ1v) is 14.5. The van der Waals surface area contributed by atoms with Gasteiger partial charge in [-0.15, -0.1) is 5.06 Å². The van der Waals surface area contributed by atoms with E-state index in [0.29, 0.717) is 39.1 Å². The number of sulfonamides is 1. The maximum absolute atomic E-state index is 12.8. The fourth-order valence-electron chi connectivity index (χ4n) is 4.66. The monoisotopic (exact) mass is 594 g/mol. The Hall–Kier alpha value is -3.51. The zero-order valence-corrected chi connectivity index (χ0v) is 22.8. The van der Waals surface area contributed by atoms with E-state index in [1.54, 1.807) is 48.5 Å². The van der Waals surface area contributed by atoms with Gasteiger partial charge in [0.05, 0.1) is 24.2 Å². The van der Waals surface area contributed by atoms with E-state index in [9.17, 15) is 36.4 Å². The van der Waals surface area contributed by atoms with E-state index in [2.05, 4.69) is 10.2 Å². The summed E-state index contributed by atoms with van der Waals surface area (Å²) in [5, 5.41) is 12.9. The smallest absolute Gasteiger partial charge is 0.379 e. The van der Waals surface area contributed by atoms with Crippen LogP contribution in [0.3, 0.4) is 0 Å². The van der Waals surface area contributed by atoms with Gasteiger partial charge in [-0.2, -0.15) is 22.7 Å². The van der Waals surface area contributed by atoms with Gasteiger partial charge >= 0.3 is 12.1 Å². The third-order valence-corrected chi connectivity index (χ3v) is 8.76. The Bertz CT molecular complexity index is 1370. The van der Waals surface area contributed by atoms with Crippen LogP contribution in [0.5, 0.6) is 0 Å². The molecule has 2 aliphatic heterocycles. The number of carbonyl (C=O) groups excluding carboxylic acids is 2. The largest absolute Gasteiger partial charge is 0.492 e. The van der Waals surface area contributed by atoms with Gasteiger partial charge in [0.25, 0.3) is 0 Å². The summed E-state index contributed by atoms with van der Waals surface area (Å²) < 4.78 is 70.2. The van der Waals surface area contributed by atoms with E-state index in [4.69, 9.17) is 4.74 Å². The summed E-state index contributed by atoms with van der Waals surface area (Å²) in [6, 6.07) is 13.5. The number of rotatable bonds is 8. The van der Waals surface area contributed by atoms with Gasteiger partial charge in [-0.1, -0.05) is 36.4 Å². The van der Waals surface area contributed by atoms with Crippen LogP contribution in [0.25, 0.3) is 11.1 Å². The minimum Gasteiger partial charge on any atom is -0.379 e. The van der Waals surface area contributed by atoms with Gasteiger partial charge in [0.2, 0.25) is 15.9 Å². The molecule has 0 aromatic heterocycles. The average Bonchev–Trinajstić information content (AvgIpc) is 2.97. The molecule has 4 rings (SSSR count). The second kappa shape index (κ2) is 13.0. The molecule has 220 valence electrons. The molecule has 2 fully saturated rings. The Kier molecular flexibility index (Phi) is 9.64. The van der Waals surface area contributed by atoms with Crippen LogP contribution in [0.15, 0.2) is 53.4 Å². The maximum Gasteiger partial charge on any atom is 0.492 e. The molecular weight excluding hydrogens is 565 g/mol. The summed E-state index contributed by atoms with van der Waals surface area (Å²) in [6.07, 6.45) is -3.88. The molecule has 0 unspecified atom stereocenters. The number of nitrogens with one attached hydrogen (secondary N) is 1. The molecule has 0 saturated carbocycles. The van der Waals surface area contributed by atoms with Crippen LogP contribution in [0.2, 0.25) is 0 Å². The van der Waals surface area contributed by atoms with Crippen LogP contribution >= 0.6 is 0 Å². The highest BCUT2D eigenvalue weighted by Crippen LogP contribution is 2.25. The summed E-state index contributed by atoms with van der Waals surface area (Å²) in [5.74, 6) is -3.10. The molecule has 1 N–H and O–H groups in total. The van der Waals surface area contributed by atoms with Crippen LogP contribution in [0.4, 0.5) is 13.2 Å². The molecule has 2 aliphatic rings. The topological polar surface area (TPSA) is 129 Å². The van der Waals surface area contributed by atoms with Crippen LogP contribution < -0.4 is 5.32 Å². The summed E-state index contributed by atoms with van der Waals surface area (Å²) >= 11 is 0. The number of nitrogens with zero attached hydrogens (tertiary/aromatic N) is 3.